The summed E-state index contributed by atoms with van der Waals surface area (Å²) in [6.07, 6.45) is 0.0998. The smallest absolute Gasteiger partial charge is 0.193 e. The van der Waals surface area contributed by atoms with Crippen LogP contribution in [0.1, 0.15) is 28.4 Å². The largest absolute Gasteiger partial charge is 0.493 e. The molecule has 0 fully saturated rings. The third kappa shape index (κ3) is 3.74. The number of methoxy groups -OCH3 is 2. The molecular formula is C18H17FO4. The number of ether oxygens (including phenoxy) is 2. The van der Waals surface area contributed by atoms with Gasteiger partial charge >= 0.3 is 0 Å². The second-order valence-corrected chi connectivity index (χ2v) is 5.08. The SMILES string of the molecule is COc1cc(CC(C)=O)c(C(=O)c2ccc(F)cc2)cc1OC. The van der Waals surface area contributed by atoms with Crippen LogP contribution < -0.4 is 9.47 Å². The van der Waals surface area contributed by atoms with Crippen molar-refractivity contribution in [3.8, 4) is 11.5 Å². The zero-order valence-corrected chi connectivity index (χ0v) is 13.2. The Morgan fingerprint density at radius 3 is 2.09 bits per heavy atom. The van der Waals surface area contributed by atoms with Crippen LogP contribution in [-0.2, 0) is 11.2 Å². The zero-order valence-electron chi connectivity index (χ0n) is 13.2. The van der Waals surface area contributed by atoms with Gasteiger partial charge in [-0.2, -0.15) is 0 Å². The van der Waals surface area contributed by atoms with Gasteiger partial charge in [-0.05, 0) is 48.9 Å². The number of hydrogen-bond acceptors (Lipinski definition) is 4. The first-order valence-electron chi connectivity index (χ1n) is 7.01. The molecule has 0 aliphatic carbocycles. The number of Topliss-reactive ketones (excluding diaryl/α,β-unsaturated/α-hetero) is 1. The Labute approximate surface area is 133 Å². The van der Waals surface area contributed by atoms with Gasteiger partial charge in [0.1, 0.15) is 11.6 Å². The molecule has 0 aliphatic rings. The number of carbonyl (C=O) groups excluding carboxylic acids is 2. The van der Waals surface area contributed by atoms with Crippen LogP contribution in [-0.4, -0.2) is 25.8 Å². The number of halogens is 1. The van der Waals surface area contributed by atoms with Crippen molar-refractivity contribution >= 4 is 11.6 Å². The lowest BCUT2D eigenvalue weighted by Crippen LogP contribution is -2.09. The summed E-state index contributed by atoms with van der Waals surface area (Å²) in [5.41, 5.74) is 1.22. The first-order chi connectivity index (χ1) is 11.0. The topological polar surface area (TPSA) is 52.6 Å². The quantitative estimate of drug-likeness (QED) is 0.768. The second-order valence-electron chi connectivity index (χ2n) is 5.08. The predicted octanol–water partition coefficient (Wildman–Crippen LogP) is 3.21. The fourth-order valence-corrected chi connectivity index (χ4v) is 2.30. The van der Waals surface area contributed by atoms with Gasteiger partial charge < -0.3 is 9.47 Å². The number of ketones is 2. The second kappa shape index (κ2) is 7.05. The number of rotatable bonds is 6. The van der Waals surface area contributed by atoms with Crippen molar-refractivity contribution in [2.75, 3.05) is 14.2 Å². The minimum Gasteiger partial charge on any atom is -0.493 e. The van der Waals surface area contributed by atoms with Crippen LogP contribution in [0.2, 0.25) is 0 Å². The molecule has 0 unspecified atom stereocenters. The van der Waals surface area contributed by atoms with Crippen LogP contribution >= 0.6 is 0 Å². The third-order valence-corrected chi connectivity index (χ3v) is 3.40. The maximum Gasteiger partial charge on any atom is 0.193 e. The molecule has 0 radical (unpaired) electrons. The Kier molecular flexibility index (Phi) is 5.11. The summed E-state index contributed by atoms with van der Waals surface area (Å²) < 4.78 is 23.5. The van der Waals surface area contributed by atoms with Crippen molar-refractivity contribution in [2.24, 2.45) is 0 Å². The van der Waals surface area contributed by atoms with Crippen LogP contribution in [0.5, 0.6) is 11.5 Å². The summed E-state index contributed by atoms with van der Waals surface area (Å²) in [6.45, 7) is 1.45. The standard InChI is InChI=1S/C18H17FO4/c1-11(20)8-13-9-16(22-2)17(23-3)10-15(13)18(21)12-4-6-14(19)7-5-12/h4-7,9-10H,8H2,1-3H3. The normalized spacial score (nSPS) is 10.3. The molecular weight excluding hydrogens is 299 g/mol. The van der Waals surface area contributed by atoms with Gasteiger partial charge in [-0.15, -0.1) is 0 Å². The number of hydrogen-bond donors (Lipinski definition) is 0. The Balaban J connectivity index is 2.55. The molecule has 0 aromatic heterocycles. The molecule has 0 aliphatic heterocycles. The van der Waals surface area contributed by atoms with Gasteiger partial charge in [0.05, 0.1) is 14.2 Å². The van der Waals surface area contributed by atoms with Gasteiger partial charge in [0.15, 0.2) is 17.3 Å². The van der Waals surface area contributed by atoms with Gasteiger partial charge in [0.25, 0.3) is 0 Å². The molecule has 0 N–H and O–H groups in total. The maximum atomic E-state index is 13.0. The minimum atomic E-state index is -0.419. The average molecular weight is 316 g/mol. The molecule has 0 saturated heterocycles. The van der Waals surface area contributed by atoms with E-state index in [-0.39, 0.29) is 18.0 Å². The lowest BCUT2D eigenvalue weighted by atomic mass is 9.95. The van der Waals surface area contributed by atoms with E-state index in [2.05, 4.69) is 0 Å². The Morgan fingerprint density at radius 2 is 1.57 bits per heavy atom. The Hall–Kier alpha value is -2.69. The molecule has 0 heterocycles. The van der Waals surface area contributed by atoms with E-state index in [0.717, 1.165) is 0 Å². The first kappa shape index (κ1) is 16.7. The van der Waals surface area contributed by atoms with E-state index in [4.69, 9.17) is 9.47 Å². The molecule has 2 rings (SSSR count). The molecule has 120 valence electrons. The summed E-state index contributed by atoms with van der Waals surface area (Å²) in [6, 6.07) is 8.43. The molecule has 0 amide bonds. The molecule has 0 atom stereocenters. The van der Waals surface area contributed by atoms with Crippen molar-refractivity contribution in [3.63, 3.8) is 0 Å². The van der Waals surface area contributed by atoms with Gasteiger partial charge in [-0.1, -0.05) is 0 Å². The molecule has 4 nitrogen and oxygen atoms in total. The highest BCUT2D eigenvalue weighted by Gasteiger charge is 2.19. The highest BCUT2D eigenvalue weighted by Crippen LogP contribution is 2.32. The summed E-state index contributed by atoms with van der Waals surface area (Å²) in [7, 11) is 2.95. The van der Waals surface area contributed by atoms with Gasteiger partial charge in [-0.25, -0.2) is 4.39 Å². The van der Waals surface area contributed by atoms with Gasteiger partial charge in [0.2, 0.25) is 0 Å². The summed E-state index contributed by atoms with van der Waals surface area (Å²) in [5.74, 6) is 0.0371. The van der Waals surface area contributed by atoms with Crippen LogP contribution in [0.3, 0.4) is 0 Å². The number of carbonyl (C=O) groups is 2. The van der Waals surface area contributed by atoms with E-state index >= 15 is 0 Å². The monoisotopic (exact) mass is 316 g/mol. The van der Waals surface area contributed by atoms with E-state index in [1.165, 1.54) is 45.4 Å². The molecule has 23 heavy (non-hydrogen) atoms. The fourth-order valence-electron chi connectivity index (χ4n) is 2.30. The van der Waals surface area contributed by atoms with E-state index in [9.17, 15) is 14.0 Å². The lowest BCUT2D eigenvalue weighted by Gasteiger charge is -2.14. The van der Waals surface area contributed by atoms with Crippen molar-refractivity contribution < 1.29 is 23.5 Å². The highest BCUT2D eigenvalue weighted by atomic mass is 19.1. The van der Waals surface area contributed by atoms with Gasteiger partial charge in [0, 0.05) is 17.5 Å². The van der Waals surface area contributed by atoms with Gasteiger partial charge in [-0.3, -0.25) is 9.59 Å². The van der Waals surface area contributed by atoms with E-state index in [0.29, 0.717) is 28.2 Å². The summed E-state index contributed by atoms with van der Waals surface area (Å²) in [5, 5.41) is 0. The summed E-state index contributed by atoms with van der Waals surface area (Å²) >= 11 is 0. The molecule has 2 aromatic rings. The Bertz CT molecular complexity index is 735. The van der Waals surface area contributed by atoms with Crippen LogP contribution in [0.4, 0.5) is 4.39 Å². The molecule has 0 spiro atoms. The first-order valence-corrected chi connectivity index (χ1v) is 7.01. The molecule has 0 saturated carbocycles. The molecule has 0 bridgehead atoms. The van der Waals surface area contributed by atoms with Crippen LogP contribution in [0, 0.1) is 5.82 Å². The van der Waals surface area contributed by atoms with Crippen LogP contribution in [0.15, 0.2) is 36.4 Å². The van der Waals surface area contributed by atoms with Crippen molar-refractivity contribution in [1.82, 2.24) is 0 Å². The van der Waals surface area contributed by atoms with Crippen molar-refractivity contribution in [3.05, 3.63) is 58.9 Å². The van der Waals surface area contributed by atoms with Crippen molar-refractivity contribution in [2.45, 2.75) is 13.3 Å². The van der Waals surface area contributed by atoms with E-state index in [1.807, 2.05) is 0 Å². The average Bonchev–Trinajstić information content (AvgIpc) is 2.54. The van der Waals surface area contributed by atoms with Crippen molar-refractivity contribution in [1.29, 1.82) is 0 Å². The molecule has 5 heteroatoms. The maximum absolute atomic E-state index is 13.0. The predicted molar refractivity (Wildman–Crippen MR) is 83.8 cm³/mol. The summed E-state index contributed by atoms with van der Waals surface area (Å²) in [4.78, 5) is 24.2. The minimum absolute atomic E-state index is 0.0784. The lowest BCUT2D eigenvalue weighted by molar-refractivity contribution is -0.116. The Morgan fingerprint density at radius 1 is 1.00 bits per heavy atom. The third-order valence-electron chi connectivity index (χ3n) is 3.40. The molecule has 2 aromatic carbocycles. The number of benzene rings is 2. The fraction of sp³-hybridized carbons (Fsp3) is 0.222. The van der Waals surface area contributed by atoms with Crippen LogP contribution in [0.25, 0.3) is 0 Å². The zero-order chi connectivity index (χ0) is 17.0. The highest BCUT2D eigenvalue weighted by molar-refractivity contribution is 6.10. The van der Waals surface area contributed by atoms with E-state index < -0.39 is 5.82 Å². The van der Waals surface area contributed by atoms with E-state index in [1.54, 1.807) is 12.1 Å².